The van der Waals surface area contributed by atoms with Gasteiger partial charge in [-0.3, -0.25) is 0 Å². The highest BCUT2D eigenvalue weighted by Gasteiger charge is 2.09. The Labute approximate surface area is 100 Å². The molecule has 0 bridgehead atoms. The summed E-state index contributed by atoms with van der Waals surface area (Å²) in [6.07, 6.45) is 1.28. The van der Waals surface area contributed by atoms with E-state index in [9.17, 15) is 0 Å². The topological polar surface area (TPSA) is 21.3 Å². The average Bonchev–Trinajstić information content (AvgIpc) is 2.24. The molecule has 1 rings (SSSR count). The predicted octanol–water partition coefficient (Wildman–Crippen LogP) is 3.14. The highest BCUT2D eigenvalue weighted by Crippen LogP contribution is 2.19. The van der Waals surface area contributed by atoms with Crippen LogP contribution < -0.4 is 5.32 Å². The number of nitrogens with one attached hydrogen (secondary N) is 1. The fraction of sp³-hybridized carbons (Fsp3) is 0.500. The molecule has 1 aromatic carbocycles. The largest absolute Gasteiger partial charge is 0.375 e. The minimum absolute atomic E-state index is 0.133. The summed E-state index contributed by atoms with van der Waals surface area (Å²) < 4.78 is 6.55. The number of halogens is 1. The zero-order valence-corrected chi connectivity index (χ0v) is 10.9. The SMILES string of the molecule is CCCNCC(OC)c1cccc(Br)c1. The smallest absolute Gasteiger partial charge is 0.0945 e. The van der Waals surface area contributed by atoms with Crippen molar-refractivity contribution in [2.75, 3.05) is 20.2 Å². The van der Waals surface area contributed by atoms with Crippen LogP contribution in [-0.4, -0.2) is 20.2 Å². The van der Waals surface area contributed by atoms with Gasteiger partial charge < -0.3 is 10.1 Å². The molecule has 0 heterocycles. The molecule has 0 aliphatic carbocycles. The molecule has 1 N–H and O–H groups in total. The zero-order valence-electron chi connectivity index (χ0n) is 9.29. The van der Waals surface area contributed by atoms with Crippen LogP contribution in [0.1, 0.15) is 25.0 Å². The molecule has 0 aliphatic heterocycles. The quantitative estimate of drug-likeness (QED) is 0.803. The van der Waals surface area contributed by atoms with Crippen molar-refractivity contribution < 1.29 is 4.74 Å². The molecule has 84 valence electrons. The summed E-state index contributed by atoms with van der Waals surface area (Å²) in [5, 5.41) is 3.36. The Kier molecular flexibility index (Phi) is 5.91. The maximum absolute atomic E-state index is 5.45. The minimum Gasteiger partial charge on any atom is -0.375 e. The Balaban J connectivity index is 2.57. The lowest BCUT2D eigenvalue weighted by atomic mass is 10.1. The summed E-state index contributed by atoms with van der Waals surface area (Å²) in [5.74, 6) is 0. The molecule has 2 nitrogen and oxygen atoms in total. The molecule has 0 aromatic heterocycles. The number of hydrogen-bond donors (Lipinski definition) is 1. The van der Waals surface area contributed by atoms with Crippen molar-refractivity contribution in [1.29, 1.82) is 0 Å². The first-order chi connectivity index (χ1) is 7.27. The van der Waals surface area contributed by atoms with Crippen LogP contribution in [-0.2, 0) is 4.74 Å². The van der Waals surface area contributed by atoms with Crippen molar-refractivity contribution >= 4 is 15.9 Å². The van der Waals surface area contributed by atoms with E-state index in [0.717, 1.165) is 24.0 Å². The first-order valence-corrected chi connectivity index (χ1v) is 6.06. The van der Waals surface area contributed by atoms with Gasteiger partial charge in [-0.2, -0.15) is 0 Å². The van der Waals surface area contributed by atoms with E-state index in [1.807, 2.05) is 12.1 Å². The van der Waals surface area contributed by atoms with Gasteiger partial charge in [0.25, 0.3) is 0 Å². The Morgan fingerprint density at radius 3 is 2.87 bits per heavy atom. The summed E-state index contributed by atoms with van der Waals surface area (Å²) in [4.78, 5) is 0. The van der Waals surface area contributed by atoms with Crippen LogP contribution in [0.25, 0.3) is 0 Å². The third-order valence-corrected chi connectivity index (χ3v) is 2.75. The lowest BCUT2D eigenvalue weighted by Gasteiger charge is -2.16. The molecule has 1 unspecified atom stereocenters. The number of ether oxygens (including phenoxy) is 1. The van der Waals surface area contributed by atoms with Gasteiger partial charge in [0.05, 0.1) is 6.10 Å². The van der Waals surface area contributed by atoms with Crippen molar-refractivity contribution in [2.45, 2.75) is 19.4 Å². The van der Waals surface area contributed by atoms with Crippen molar-refractivity contribution in [2.24, 2.45) is 0 Å². The molecule has 0 fully saturated rings. The molecule has 3 heteroatoms. The third-order valence-electron chi connectivity index (χ3n) is 2.26. The Morgan fingerprint density at radius 2 is 2.27 bits per heavy atom. The Hall–Kier alpha value is -0.380. The van der Waals surface area contributed by atoms with Gasteiger partial charge in [0.15, 0.2) is 0 Å². The van der Waals surface area contributed by atoms with Crippen LogP contribution in [0.4, 0.5) is 0 Å². The molecular formula is C12H18BrNO. The normalized spacial score (nSPS) is 12.7. The number of rotatable bonds is 6. The van der Waals surface area contributed by atoms with Gasteiger partial charge in [0.2, 0.25) is 0 Å². The monoisotopic (exact) mass is 271 g/mol. The highest BCUT2D eigenvalue weighted by atomic mass is 79.9. The van der Waals surface area contributed by atoms with Crippen molar-refractivity contribution in [1.82, 2.24) is 5.32 Å². The Bertz CT molecular complexity index is 291. The van der Waals surface area contributed by atoms with Gasteiger partial charge in [-0.1, -0.05) is 35.0 Å². The van der Waals surface area contributed by atoms with Crippen LogP contribution >= 0.6 is 15.9 Å². The molecule has 0 saturated carbocycles. The van der Waals surface area contributed by atoms with E-state index in [1.54, 1.807) is 7.11 Å². The van der Waals surface area contributed by atoms with Gasteiger partial charge in [0.1, 0.15) is 0 Å². The van der Waals surface area contributed by atoms with Crippen LogP contribution in [0.15, 0.2) is 28.7 Å². The van der Waals surface area contributed by atoms with E-state index < -0.39 is 0 Å². The van der Waals surface area contributed by atoms with Gasteiger partial charge in [-0.15, -0.1) is 0 Å². The van der Waals surface area contributed by atoms with Crippen molar-refractivity contribution in [3.63, 3.8) is 0 Å². The zero-order chi connectivity index (χ0) is 11.1. The number of hydrogen-bond acceptors (Lipinski definition) is 2. The van der Waals surface area contributed by atoms with Gasteiger partial charge in [0, 0.05) is 18.1 Å². The summed E-state index contributed by atoms with van der Waals surface area (Å²) in [7, 11) is 1.75. The molecule has 0 amide bonds. The van der Waals surface area contributed by atoms with Crippen LogP contribution in [0.2, 0.25) is 0 Å². The van der Waals surface area contributed by atoms with Crippen molar-refractivity contribution in [3.8, 4) is 0 Å². The first-order valence-electron chi connectivity index (χ1n) is 5.27. The lowest BCUT2D eigenvalue weighted by Crippen LogP contribution is -2.23. The van der Waals surface area contributed by atoms with Gasteiger partial charge in [-0.25, -0.2) is 0 Å². The third kappa shape index (κ3) is 4.33. The molecule has 15 heavy (non-hydrogen) atoms. The van der Waals surface area contributed by atoms with E-state index in [-0.39, 0.29) is 6.10 Å². The summed E-state index contributed by atoms with van der Waals surface area (Å²) in [6, 6.07) is 8.25. The first kappa shape index (κ1) is 12.7. The highest BCUT2D eigenvalue weighted by molar-refractivity contribution is 9.10. The second-order valence-electron chi connectivity index (χ2n) is 3.48. The number of benzene rings is 1. The van der Waals surface area contributed by atoms with Crippen LogP contribution in [0.5, 0.6) is 0 Å². The van der Waals surface area contributed by atoms with Crippen molar-refractivity contribution in [3.05, 3.63) is 34.3 Å². The molecule has 1 atom stereocenters. The number of methoxy groups -OCH3 is 1. The standard InChI is InChI=1S/C12H18BrNO/c1-3-7-14-9-12(15-2)10-5-4-6-11(13)8-10/h4-6,8,12,14H,3,7,9H2,1-2H3. The second kappa shape index (κ2) is 6.99. The summed E-state index contributed by atoms with van der Waals surface area (Å²) >= 11 is 3.47. The molecule has 0 saturated heterocycles. The van der Waals surface area contributed by atoms with Crippen LogP contribution in [0, 0.1) is 0 Å². The fourth-order valence-electron chi connectivity index (χ4n) is 1.45. The average molecular weight is 272 g/mol. The van der Waals surface area contributed by atoms with E-state index >= 15 is 0 Å². The fourth-order valence-corrected chi connectivity index (χ4v) is 1.87. The molecule has 0 aliphatic rings. The molecule has 0 radical (unpaired) electrons. The van der Waals surface area contributed by atoms with Crippen LogP contribution in [0.3, 0.4) is 0 Å². The van der Waals surface area contributed by atoms with Gasteiger partial charge in [-0.05, 0) is 30.7 Å². The van der Waals surface area contributed by atoms with E-state index in [2.05, 4.69) is 40.3 Å². The molecule has 1 aromatic rings. The lowest BCUT2D eigenvalue weighted by molar-refractivity contribution is 0.102. The Morgan fingerprint density at radius 1 is 1.47 bits per heavy atom. The maximum Gasteiger partial charge on any atom is 0.0945 e. The van der Waals surface area contributed by atoms with E-state index in [0.29, 0.717) is 0 Å². The minimum atomic E-state index is 0.133. The molecule has 0 spiro atoms. The predicted molar refractivity (Wildman–Crippen MR) is 67.1 cm³/mol. The van der Waals surface area contributed by atoms with Gasteiger partial charge >= 0.3 is 0 Å². The second-order valence-corrected chi connectivity index (χ2v) is 4.40. The van der Waals surface area contributed by atoms with E-state index in [4.69, 9.17) is 4.74 Å². The van der Waals surface area contributed by atoms with E-state index in [1.165, 1.54) is 5.56 Å². The maximum atomic E-state index is 5.45. The summed E-state index contributed by atoms with van der Waals surface area (Å²) in [5.41, 5.74) is 1.20. The summed E-state index contributed by atoms with van der Waals surface area (Å²) in [6.45, 7) is 4.06. The molecular weight excluding hydrogens is 254 g/mol.